The quantitative estimate of drug-likeness (QED) is 0.603. The average Bonchev–Trinajstić information content (AvgIpc) is 2.66. The van der Waals surface area contributed by atoms with Crippen LogP contribution in [0.15, 0.2) is 42.5 Å². The lowest BCUT2D eigenvalue weighted by Crippen LogP contribution is -2.40. The van der Waals surface area contributed by atoms with Crippen LogP contribution < -0.4 is 10.1 Å². The van der Waals surface area contributed by atoms with Gasteiger partial charge in [-0.15, -0.1) is 0 Å². The zero-order valence-corrected chi connectivity index (χ0v) is 16.2. The number of carbonyl (C=O) groups excluding carboxylic acids is 1. The van der Waals surface area contributed by atoms with E-state index in [0.29, 0.717) is 11.3 Å². The van der Waals surface area contributed by atoms with Crippen molar-refractivity contribution in [2.24, 2.45) is 0 Å². The number of aryl methyl sites for hydroxylation is 1. The second kappa shape index (κ2) is 8.53. The number of hydrogen-bond donors (Lipinski definition) is 1. The number of benzene rings is 2. The molecule has 0 fully saturated rings. The standard InChI is InChI=1S/C20H25N3O4/c1-13-9-10-19(27-5)18(11-13)14(2)21-20(24)22(4)15(3)16-7-6-8-17(12-16)23(25)26/h6-12,14-15H,1-5H3,(H,21,24)/t14-,15-/m0/s1. The van der Waals surface area contributed by atoms with Crippen LogP contribution in [0.5, 0.6) is 5.75 Å². The fraction of sp³-hybridized carbons (Fsp3) is 0.350. The minimum atomic E-state index is -0.442. The SMILES string of the molecule is COc1ccc(C)cc1[C@H](C)NC(=O)N(C)[C@@H](C)c1cccc([N+](=O)[O-])c1. The number of nitrogens with one attached hydrogen (secondary N) is 1. The van der Waals surface area contributed by atoms with E-state index >= 15 is 0 Å². The zero-order chi connectivity index (χ0) is 20.1. The summed E-state index contributed by atoms with van der Waals surface area (Å²) in [6, 6.07) is 11.3. The van der Waals surface area contributed by atoms with E-state index in [1.54, 1.807) is 26.3 Å². The van der Waals surface area contributed by atoms with E-state index in [0.717, 1.165) is 11.1 Å². The van der Waals surface area contributed by atoms with Crippen LogP contribution in [0.25, 0.3) is 0 Å². The van der Waals surface area contributed by atoms with E-state index in [1.165, 1.54) is 17.0 Å². The summed E-state index contributed by atoms with van der Waals surface area (Å²) in [5.41, 5.74) is 2.67. The summed E-state index contributed by atoms with van der Waals surface area (Å²) >= 11 is 0. The average molecular weight is 371 g/mol. The maximum atomic E-state index is 12.7. The van der Waals surface area contributed by atoms with Gasteiger partial charge in [0.25, 0.3) is 5.69 Å². The van der Waals surface area contributed by atoms with Crippen LogP contribution in [0.2, 0.25) is 0 Å². The lowest BCUT2D eigenvalue weighted by atomic mass is 10.0. The summed E-state index contributed by atoms with van der Waals surface area (Å²) < 4.78 is 5.39. The van der Waals surface area contributed by atoms with Gasteiger partial charge in [-0.25, -0.2) is 4.79 Å². The molecule has 2 rings (SSSR count). The summed E-state index contributed by atoms with van der Waals surface area (Å²) in [6.45, 7) is 5.70. The minimum absolute atomic E-state index is 0.00558. The Morgan fingerprint density at radius 2 is 1.93 bits per heavy atom. The number of rotatable bonds is 6. The molecule has 0 aliphatic carbocycles. The van der Waals surface area contributed by atoms with E-state index in [2.05, 4.69) is 5.32 Å². The predicted molar refractivity (Wildman–Crippen MR) is 104 cm³/mol. The van der Waals surface area contributed by atoms with E-state index in [9.17, 15) is 14.9 Å². The first-order valence-corrected chi connectivity index (χ1v) is 8.66. The van der Waals surface area contributed by atoms with Crippen molar-refractivity contribution in [2.45, 2.75) is 32.9 Å². The summed E-state index contributed by atoms with van der Waals surface area (Å²) in [7, 11) is 3.26. The summed E-state index contributed by atoms with van der Waals surface area (Å²) in [5.74, 6) is 0.711. The number of nitro groups is 1. The fourth-order valence-electron chi connectivity index (χ4n) is 2.85. The largest absolute Gasteiger partial charge is 0.496 e. The monoisotopic (exact) mass is 371 g/mol. The third-order valence-electron chi connectivity index (χ3n) is 4.66. The number of ether oxygens (including phenoxy) is 1. The highest BCUT2D eigenvalue weighted by atomic mass is 16.6. The Bertz CT molecular complexity index is 838. The Morgan fingerprint density at radius 3 is 2.56 bits per heavy atom. The van der Waals surface area contributed by atoms with E-state index in [1.807, 2.05) is 39.0 Å². The van der Waals surface area contributed by atoms with Crippen molar-refractivity contribution in [3.63, 3.8) is 0 Å². The van der Waals surface area contributed by atoms with E-state index in [4.69, 9.17) is 4.74 Å². The van der Waals surface area contributed by atoms with Crippen LogP contribution in [0, 0.1) is 17.0 Å². The first kappa shape index (κ1) is 20.2. The molecule has 2 aromatic rings. The summed E-state index contributed by atoms with van der Waals surface area (Å²) in [4.78, 5) is 24.7. The number of urea groups is 1. The number of non-ortho nitro benzene ring substituents is 1. The maximum Gasteiger partial charge on any atom is 0.318 e. The molecule has 0 saturated heterocycles. The van der Waals surface area contributed by atoms with Gasteiger partial charge in [-0.05, 0) is 32.4 Å². The molecular weight excluding hydrogens is 346 g/mol. The summed E-state index contributed by atoms with van der Waals surface area (Å²) in [5, 5.41) is 13.9. The Labute approximate surface area is 159 Å². The molecule has 0 bridgehead atoms. The molecule has 0 aliphatic rings. The van der Waals surface area contributed by atoms with Gasteiger partial charge >= 0.3 is 6.03 Å². The molecule has 0 heterocycles. The second-order valence-electron chi connectivity index (χ2n) is 6.56. The summed E-state index contributed by atoms with van der Waals surface area (Å²) in [6.07, 6.45) is 0. The molecule has 0 aromatic heterocycles. The Balaban J connectivity index is 2.14. The van der Waals surface area contributed by atoms with Crippen molar-refractivity contribution in [2.75, 3.05) is 14.2 Å². The Morgan fingerprint density at radius 1 is 1.22 bits per heavy atom. The fourth-order valence-corrected chi connectivity index (χ4v) is 2.85. The molecule has 2 atom stereocenters. The highest BCUT2D eigenvalue weighted by Crippen LogP contribution is 2.27. The van der Waals surface area contributed by atoms with Gasteiger partial charge < -0.3 is 15.0 Å². The third kappa shape index (κ3) is 4.75. The van der Waals surface area contributed by atoms with E-state index in [-0.39, 0.29) is 23.8 Å². The number of nitrogens with zero attached hydrogens (tertiary/aromatic N) is 2. The molecule has 2 amide bonds. The molecule has 27 heavy (non-hydrogen) atoms. The molecule has 0 radical (unpaired) electrons. The van der Waals surface area contributed by atoms with Gasteiger partial charge in [-0.2, -0.15) is 0 Å². The maximum absolute atomic E-state index is 12.7. The van der Waals surface area contributed by atoms with Crippen LogP contribution in [0.4, 0.5) is 10.5 Å². The van der Waals surface area contributed by atoms with Crippen molar-refractivity contribution < 1.29 is 14.5 Å². The number of hydrogen-bond acceptors (Lipinski definition) is 4. The highest BCUT2D eigenvalue weighted by Gasteiger charge is 2.22. The van der Waals surface area contributed by atoms with Gasteiger partial charge in [0.05, 0.1) is 24.1 Å². The smallest absolute Gasteiger partial charge is 0.318 e. The molecule has 2 aromatic carbocycles. The molecule has 7 nitrogen and oxygen atoms in total. The van der Waals surface area contributed by atoms with Gasteiger partial charge in [-0.3, -0.25) is 10.1 Å². The van der Waals surface area contributed by atoms with Crippen molar-refractivity contribution >= 4 is 11.7 Å². The molecule has 0 saturated carbocycles. The zero-order valence-electron chi connectivity index (χ0n) is 16.2. The van der Waals surface area contributed by atoms with Crippen molar-refractivity contribution in [1.29, 1.82) is 0 Å². The molecule has 0 aliphatic heterocycles. The predicted octanol–water partition coefficient (Wildman–Crippen LogP) is 4.38. The van der Waals surface area contributed by atoms with Gasteiger partial charge in [0.15, 0.2) is 0 Å². The van der Waals surface area contributed by atoms with Crippen LogP contribution in [-0.2, 0) is 0 Å². The highest BCUT2D eigenvalue weighted by molar-refractivity contribution is 5.75. The van der Waals surface area contributed by atoms with Crippen LogP contribution in [0.1, 0.15) is 42.6 Å². The van der Waals surface area contributed by atoms with E-state index < -0.39 is 4.92 Å². The van der Waals surface area contributed by atoms with Crippen molar-refractivity contribution in [1.82, 2.24) is 10.2 Å². The molecule has 7 heteroatoms. The van der Waals surface area contributed by atoms with Crippen LogP contribution in [0.3, 0.4) is 0 Å². The molecule has 0 unspecified atom stereocenters. The number of carbonyl (C=O) groups is 1. The molecule has 1 N–H and O–H groups in total. The Kier molecular flexibility index (Phi) is 6.39. The molecule has 144 valence electrons. The van der Waals surface area contributed by atoms with Gasteiger partial charge in [0.2, 0.25) is 0 Å². The first-order chi connectivity index (χ1) is 12.7. The number of nitro benzene ring substituents is 1. The Hall–Kier alpha value is -3.09. The van der Waals surface area contributed by atoms with Crippen molar-refractivity contribution in [3.05, 3.63) is 69.3 Å². The van der Waals surface area contributed by atoms with Crippen molar-refractivity contribution in [3.8, 4) is 5.75 Å². The van der Waals surface area contributed by atoms with Crippen LogP contribution >= 0.6 is 0 Å². The lowest BCUT2D eigenvalue weighted by Gasteiger charge is -2.28. The normalized spacial score (nSPS) is 12.8. The third-order valence-corrected chi connectivity index (χ3v) is 4.66. The van der Waals surface area contributed by atoms with Gasteiger partial charge in [0.1, 0.15) is 5.75 Å². The minimum Gasteiger partial charge on any atom is -0.496 e. The second-order valence-corrected chi connectivity index (χ2v) is 6.56. The number of amides is 2. The molecule has 0 spiro atoms. The molecular formula is C20H25N3O4. The van der Waals surface area contributed by atoms with Gasteiger partial charge in [0, 0.05) is 24.7 Å². The number of methoxy groups -OCH3 is 1. The lowest BCUT2D eigenvalue weighted by molar-refractivity contribution is -0.384. The first-order valence-electron chi connectivity index (χ1n) is 8.66. The topological polar surface area (TPSA) is 84.7 Å². The van der Waals surface area contributed by atoms with Gasteiger partial charge in [-0.1, -0.05) is 29.8 Å². The van der Waals surface area contributed by atoms with Crippen LogP contribution in [-0.4, -0.2) is 30.0 Å².